The number of nitrogens with one attached hydrogen (secondary N) is 1. The molecule has 1 aliphatic heterocycles. The van der Waals surface area contributed by atoms with Crippen LogP contribution in [0, 0.1) is 6.92 Å². The molecule has 1 N–H and O–H groups in total. The lowest BCUT2D eigenvalue weighted by Gasteiger charge is -2.21. The molecule has 9 heteroatoms. The fourth-order valence-electron chi connectivity index (χ4n) is 3.83. The first-order valence-electron chi connectivity index (χ1n) is 11.1. The third-order valence-corrected chi connectivity index (χ3v) is 7.70. The van der Waals surface area contributed by atoms with Crippen LogP contribution in [-0.4, -0.2) is 46.0 Å². The lowest BCUT2D eigenvalue weighted by atomic mass is 10.1. The molecule has 0 atom stereocenters. The van der Waals surface area contributed by atoms with Gasteiger partial charge in [0.1, 0.15) is 28.8 Å². The standard InChI is InChI=1S/C26H28N2O6S/c1-18-4-6-19(7-5-18)16-27-26(29)20-8-10-23-21(14-20)17-28(12-13-34-23)35(30,31)25-15-22(32-2)9-11-24(25)33-3/h4-11,14-15H,12-13,16-17H2,1-3H3,(H,27,29). The number of methoxy groups -OCH3 is 2. The van der Waals surface area contributed by atoms with Crippen molar-refractivity contribution in [2.24, 2.45) is 0 Å². The fraction of sp³-hybridized carbons (Fsp3) is 0.269. The Balaban J connectivity index is 1.57. The topological polar surface area (TPSA) is 94.2 Å². The summed E-state index contributed by atoms with van der Waals surface area (Å²) in [6, 6.07) is 17.6. The summed E-state index contributed by atoms with van der Waals surface area (Å²) in [4.78, 5) is 12.8. The van der Waals surface area contributed by atoms with Crippen molar-refractivity contribution >= 4 is 15.9 Å². The van der Waals surface area contributed by atoms with Crippen LogP contribution in [0.15, 0.2) is 65.6 Å². The Kier molecular flexibility index (Phi) is 7.28. The Bertz CT molecular complexity index is 1320. The van der Waals surface area contributed by atoms with Gasteiger partial charge < -0.3 is 19.5 Å². The van der Waals surface area contributed by atoms with E-state index in [2.05, 4.69) is 5.32 Å². The number of carbonyl (C=O) groups is 1. The van der Waals surface area contributed by atoms with Gasteiger partial charge in [0.25, 0.3) is 5.91 Å². The highest BCUT2D eigenvalue weighted by Gasteiger charge is 2.31. The van der Waals surface area contributed by atoms with Crippen LogP contribution in [-0.2, 0) is 23.1 Å². The van der Waals surface area contributed by atoms with Crippen LogP contribution in [0.1, 0.15) is 27.0 Å². The van der Waals surface area contributed by atoms with Gasteiger partial charge in [0, 0.05) is 36.8 Å². The van der Waals surface area contributed by atoms with E-state index in [1.165, 1.54) is 24.6 Å². The maximum Gasteiger partial charge on any atom is 0.251 e. The van der Waals surface area contributed by atoms with Crippen molar-refractivity contribution in [2.75, 3.05) is 27.4 Å². The van der Waals surface area contributed by atoms with E-state index in [1.54, 1.807) is 30.3 Å². The van der Waals surface area contributed by atoms with Gasteiger partial charge in [-0.05, 0) is 42.8 Å². The Morgan fingerprint density at radius 1 is 1.03 bits per heavy atom. The Hall–Kier alpha value is -3.56. The molecule has 0 unspecified atom stereocenters. The molecule has 0 spiro atoms. The van der Waals surface area contributed by atoms with Crippen molar-refractivity contribution in [3.63, 3.8) is 0 Å². The van der Waals surface area contributed by atoms with Crippen molar-refractivity contribution < 1.29 is 27.4 Å². The molecule has 1 amide bonds. The Labute approximate surface area is 205 Å². The van der Waals surface area contributed by atoms with Gasteiger partial charge in [-0.25, -0.2) is 8.42 Å². The highest BCUT2D eigenvalue weighted by atomic mass is 32.2. The first-order valence-corrected chi connectivity index (χ1v) is 12.6. The summed E-state index contributed by atoms with van der Waals surface area (Å²) in [5.41, 5.74) is 3.18. The molecular weight excluding hydrogens is 468 g/mol. The largest absolute Gasteiger partial charge is 0.497 e. The molecule has 0 fully saturated rings. The van der Waals surface area contributed by atoms with Crippen molar-refractivity contribution in [3.05, 3.63) is 82.9 Å². The van der Waals surface area contributed by atoms with Crippen LogP contribution < -0.4 is 19.5 Å². The SMILES string of the molecule is COc1ccc(OC)c(S(=O)(=O)N2CCOc3ccc(C(=O)NCc4ccc(C)cc4)cc3C2)c1. The number of carbonyl (C=O) groups excluding carboxylic acids is 1. The van der Waals surface area contributed by atoms with Gasteiger partial charge in [-0.15, -0.1) is 0 Å². The molecule has 0 saturated carbocycles. The van der Waals surface area contributed by atoms with Gasteiger partial charge in [0.15, 0.2) is 0 Å². The van der Waals surface area contributed by atoms with Gasteiger partial charge in [-0.2, -0.15) is 4.31 Å². The number of nitrogens with zero attached hydrogens (tertiary/aromatic N) is 1. The Morgan fingerprint density at radius 2 is 1.80 bits per heavy atom. The van der Waals surface area contributed by atoms with Crippen molar-refractivity contribution in [2.45, 2.75) is 24.9 Å². The predicted molar refractivity (Wildman–Crippen MR) is 131 cm³/mol. The minimum Gasteiger partial charge on any atom is -0.497 e. The summed E-state index contributed by atoms with van der Waals surface area (Å²) in [7, 11) is -1.05. The van der Waals surface area contributed by atoms with Crippen LogP contribution >= 0.6 is 0 Å². The number of amides is 1. The predicted octanol–water partition coefficient (Wildman–Crippen LogP) is 3.53. The van der Waals surface area contributed by atoms with E-state index in [0.717, 1.165) is 11.1 Å². The quantitative estimate of drug-likeness (QED) is 0.538. The van der Waals surface area contributed by atoms with Crippen molar-refractivity contribution in [1.29, 1.82) is 0 Å². The summed E-state index contributed by atoms with van der Waals surface area (Å²) in [6.45, 7) is 2.78. The normalized spacial score (nSPS) is 13.8. The minimum absolute atomic E-state index is 0.00907. The van der Waals surface area contributed by atoms with Crippen LogP contribution in [0.25, 0.3) is 0 Å². The highest BCUT2D eigenvalue weighted by Crippen LogP contribution is 2.33. The molecule has 3 aromatic rings. The first kappa shape index (κ1) is 24.6. The molecule has 3 aromatic carbocycles. The van der Waals surface area contributed by atoms with Gasteiger partial charge >= 0.3 is 0 Å². The molecule has 0 radical (unpaired) electrons. The third kappa shape index (κ3) is 5.41. The summed E-state index contributed by atoms with van der Waals surface area (Å²) in [6.07, 6.45) is 0. The highest BCUT2D eigenvalue weighted by molar-refractivity contribution is 7.89. The fourth-order valence-corrected chi connectivity index (χ4v) is 5.40. The van der Waals surface area contributed by atoms with Crippen molar-refractivity contribution in [1.82, 2.24) is 9.62 Å². The molecule has 35 heavy (non-hydrogen) atoms. The van der Waals surface area contributed by atoms with Gasteiger partial charge in [0.2, 0.25) is 10.0 Å². The molecule has 0 saturated heterocycles. The molecule has 0 aliphatic carbocycles. The smallest absolute Gasteiger partial charge is 0.251 e. The molecule has 1 heterocycles. The molecular formula is C26H28N2O6S. The zero-order valence-electron chi connectivity index (χ0n) is 19.9. The second-order valence-corrected chi connectivity index (χ2v) is 10.1. The minimum atomic E-state index is -3.94. The maximum absolute atomic E-state index is 13.6. The summed E-state index contributed by atoms with van der Waals surface area (Å²) in [5.74, 6) is 0.931. The van der Waals surface area contributed by atoms with Crippen LogP contribution in [0.2, 0.25) is 0 Å². The van der Waals surface area contributed by atoms with E-state index in [9.17, 15) is 13.2 Å². The second kappa shape index (κ2) is 10.4. The summed E-state index contributed by atoms with van der Waals surface area (Å²) >= 11 is 0. The lowest BCUT2D eigenvalue weighted by Crippen LogP contribution is -2.33. The van der Waals surface area contributed by atoms with Crippen molar-refractivity contribution in [3.8, 4) is 17.2 Å². The molecule has 1 aliphatic rings. The van der Waals surface area contributed by atoms with E-state index in [0.29, 0.717) is 29.2 Å². The van der Waals surface area contributed by atoms with E-state index < -0.39 is 10.0 Å². The number of aryl methyl sites for hydroxylation is 1. The summed E-state index contributed by atoms with van der Waals surface area (Å²) in [5, 5.41) is 2.91. The number of rotatable bonds is 7. The number of sulfonamides is 1. The van der Waals surface area contributed by atoms with E-state index in [1.807, 2.05) is 31.2 Å². The average Bonchev–Trinajstić information content (AvgIpc) is 3.10. The van der Waals surface area contributed by atoms with Gasteiger partial charge in [-0.1, -0.05) is 29.8 Å². The summed E-state index contributed by atoms with van der Waals surface area (Å²) < 4.78 is 44.7. The van der Waals surface area contributed by atoms with Crippen LogP contribution in [0.4, 0.5) is 0 Å². The van der Waals surface area contributed by atoms with Crippen LogP contribution in [0.5, 0.6) is 17.2 Å². The number of ether oxygens (including phenoxy) is 3. The average molecular weight is 497 g/mol. The molecule has 0 aromatic heterocycles. The van der Waals surface area contributed by atoms with Gasteiger partial charge in [0.05, 0.1) is 14.2 Å². The monoisotopic (exact) mass is 496 g/mol. The van der Waals surface area contributed by atoms with E-state index >= 15 is 0 Å². The van der Waals surface area contributed by atoms with E-state index in [4.69, 9.17) is 14.2 Å². The van der Waals surface area contributed by atoms with Gasteiger partial charge in [-0.3, -0.25) is 4.79 Å². The van der Waals surface area contributed by atoms with E-state index in [-0.39, 0.29) is 36.2 Å². The lowest BCUT2D eigenvalue weighted by molar-refractivity contribution is 0.0950. The number of benzene rings is 3. The Morgan fingerprint density at radius 3 is 2.51 bits per heavy atom. The zero-order valence-corrected chi connectivity index (χ0v) is 20.7. The maximum atomic E-state index is 13.6. The molecule has 8 nitrogen and oxygen atoms in total. The second-order valence-electron chi connectivity index (χ2n) is 8.19. The number of hydrogen-bond acceptors (Lipinski definition) is 6. The zero-order chi connectivity index (χ0) is 25.0. The third-order valence-electron chi connectivity index (χ3n) is 5.83. The number of fused-ring (bicyclic) bond motifs is 1. The van der Waals surface area contributed by atoms with Crippen LogP contribution in [0.3, 0.4) is 0 Å². The molecule has 4 rings (SSSR count). The first-order chi connectivity index (χ1) is 16.8. The molecule has 0 bridgehead atoms. The number of hydrogen-bond donors (Lipinski definition) is 1. The molecule has 184 valence electrons.